The molecule has 2 heterocycles. The molecule has 0 bridgehead atoms. The van der Waals surface area contributed by atoms with Gasteiger partial charge in [-0.2, -0.15) is 0 Å². The lowest BCUT2D eigenvalue weighted by Gasteiger charge is -2.49. The molecule has 0 aromatic carbocycles. The average Bonchev–Trinajstić information content (AvgIpc) is 2.85. The number of carbonyl (C=O) groups is 2. The van der Waals surface area contributed by atoms with Crippen LogP contribution in [0.25, 0.3) is 0 Å². The van der Waals surface area contributed by atoms with Gasteiger partial charge in [0, 0.05) is 14.7 Å². The summed E-state index contributed by atoms with van der Waals surface area (Å²) in [6, 6.07) is 2.00. The van der Waals surface area contributed by atoms with Crippen LogP contribution in [0.2, 0.25) is 0 Å². The molecule has 6 heteroatoms. The number of thiophene rings is 1. The summed E-state index contributed by atoms with van der Waals surface area (Å²) in [7, 11) is 0. The number of hydrogen-bond acceptors (Lipinski definition) is 3. The fourth-order valence-corrected chi connectivity index (χ4v) is 4.09. The Labute approximate surface area is 138 Å². The standard InChI is InChI=1S/C15H21BrN2O2S/c1-5-15(6-2)13(20)18(14(3,4)12(19)17-15)8-11-7-10(16)9-21-11/h7,9H,5-6,8H2,1-4H3,(H,17,19). The molecule has 1 aliphatic heterocycles. The Morgan fingerprint density at radius 2 is 1.90 bits per heavy atom. The van der Waals surface area contributed by atoms with Crippen LogP contribution in [0.4, 0.5) is 0 Å². The molecule has 4 nitrogen and oxygen atoms in total. The molecule has 1 N–H and O–H groups in total. The second-order valence-corrected chi connectivity index (χ2v) is 7.84. The first-order valence-electron chi connectivity index (χ1n) is 7.14. The molecule has 1 aromatic heterocycles. The van der Waals surface area contributed by atoms with Gasteiger partial charge in [-0.05, 0) is 48.7 Å². The van der Waals surface area contributed by atoms with Crippen molar-refractivity contribution in [3.63, 3.8) is 0 Å². The molecular formula is C15H21BrN2O2S. The van der Waals surface area contributed by atoms with Gasteiger partial charge in [0.1, 0.15) is 11.1 Å². The summed E-state index contributed by atoms with van der Waals surface area (Å²) in [5.74, 6) is -0.0666. The molecule has 0 aliphatic carbocycles. The Balaban J connectivity index is 2.38. The highest BCUT2D eigenvalue weighted by atomic mass is 79.9. The van der Waals surface area contributed by atoms with Crippen LogP contribution in [0.3, 0.4) is 0 Å². The van der Waals surface area contributed by atoms with E-state index in [-0.39, 0.29) is 11.8 Å². The van der Waals surface area contributed by atoms with E-state index >= 15 is 0 Å². The fraction of sp³-hybridized carbons (Fsp3) is 0.600. The van der Waals surface area contributed by atoms with Crippen molar-refractivity contribution in [3.05, 3.63) is 20.8 Å². The molecular weight excluding hydrogens is 352 g/mol. The van der Waals surface area contributed by atoms with Crippen molar-refractivity contribution in [2.45, 2.75) is 58.2 Å². The number of hydrogen-bond donors (Lipinski definition) is 1. The van der Waals surface area contributed by atoms with Crippen LogP contribution in [0.15, 0.2) is 15.9 Å². The summed E-state index contributed by atoms with van der Waals surface area (Å²) in [4.78, 5) is 28.3. The zero-order chi connectivity index (χ0) is 15.8. The summed E-state index contributed by atoms with van der Waals surface area (Å²) < 4.78 is 1.01. The molecule has 0 spiro atoms. The SMILES string of the molecule is CCC1(CC)NC(=O)C(C)(C)N(Cc2cc(Br)cs2)C1=O. The maximum absolute atomic E-state index is 13.0. The van der Waals surface area contributed by atoms with Crippen molar-refractivity contribution in [3.8, 4) is 0 Å². The summed E-state index contributed by atoms with van der Waals surface area (Å²) in [5, 5.41) is 4.94. The molecule has 1 fully saturated rings. The molecule has 0 saturated carbocycles. The third-order valence-corrected chi connectivity index (χ3v) is 6.06. The van der Waals surface area contributed by atoms with Crippen LogP contribution in [0, 0.1) is 0 Å². The number of nitrogens with one attached hydrogen (secondary N) is 1. The summed E-state index contributed by atoms with van der Waals surface area (Å²) in [5.41, 5.74) is -1.59. The Morgan fingerprint density at radius 1 is 1.29 bits per heavy atom. The lowest BCUT2D eigenvalue weighted by molar-refractivity contribution is -0.162. The van der Waals surface area contributed by atoms with Crippen molar-refractivity contribution in [1.29, 1.82) is 0 Å². The van der Waals surface area contributed by atoms with E-state index in [0.717, 1.165) is 9.35 Å². The van der Waals surface area contributed by atoms with E-state index in [4.69, 9.17) is 0 Å². The van der Waals surface area contributed by atoms with Gasteiger partial charge in [0.25, 0.3) is 0 Å². The van der Waals surface area contributed by atoms with E-state index in [0.29, 0.717) is 19.4 Å². The Morgan fingerprint density at radius 3 is 2.38 bits per heavy atom. The van der Waals surface area contributed by atoms with Crippen molar-refractivity contribution >= 4 is 39.1 Å². The monoisotopic (exact) mass is 372 g/mol. The Hall–Kier alpha value is -0.880. The van der Waals surface area contributed by atoms with E-state index in [9.17, 15) is 9.59 Å². The smallest absolute Gasteiger partial charge is 0.249 e. The summed E-state index contributed by atoms with van der Waals surface area (Å²) in [6.07, 6.45) is 1.21. The predicted molar refractivity (Wildman–Crippen MR) is 88.1 cm³/mol. The zero-order valence-electron chi connectivity index (χ0n) is 12.8. The fourth-order valence-electron chi connectivity index (χ4n) is 2.65. The number of piperazine rings is 1. The average molecular weight is 373 g/mol. The van der Waals surface area contributed by atoms with Crippen molar-refractivity contribution < 1.29 is 9.59 Å². The predicted octanol–water partition coefficient (Wildman–Crippen LogP) is 3.31. The number of carbonyl (C=O) groups excluding carboxylic acids is 2. The highest BCUT2D eigenvalue weighted by molar-refractivity contribution is 9.10. The van der Waals surface area contributed by atoms with Gasteiger partial charge in [0.15, 0.2) is 0 Å². The zero-order valence-corrected chi connectivity index (χ0v) is 15.2. The van der Waals surface area contributed by atoms with E-state index in [1.165, 1.54) is 0 Å². The van der Waals surface area contributed by atoms with Gasteiger partial charge in [-0.25, -0.2) is 0 Å². The first kappa shape index (κ1) is 16.5. The molecule has 116 valence electrons. The lowest BCUT2D eigenvalue weighted by Crippen LogP contribution is -2.73. The first-order chi connectivity index (χ1) is 9.76. The molecule has 21 heavy (non-hydrogen) atoms. The number of halogens is 1. The van der Waals surface area contributed by atoms with Crippen molar-refractivity contribution in [2.75, 3.05) is 0 Å². The molecule has 1 aromatic rings. The van der Waals surface area contributed by atoms with Crippen LogP contribution in [-0.2, 0) is 16.1 Å². The first-order valence-corrected chi connectivity index (χ1v) is 8.81. The van der Waals surface area contributed by atoms with Crippen LogP contribution < -0.4 is 5.32 Å². The Kier molecular flexibility index (Phi) is 4.49. The summed E-state index contributed by atoms with van der Waals surface area (Å²) >= 11 is 5.02. The molecule has 0 radical (unpaired) electrons. The molecule has 0 unspecified atom stereocenters. The Bertz CT molecular complexity index is 564. The highest BCUT2D eigenvalue weighted by Crippen LogP contribution is 2.33. The second-order valence-electron chi connectivity index (χ2n) is 5.92. The van der Waals surface area contributed by atoms with Gasteiger partial charge < -0.3 is 10.2 Å². The highest BCUT2D eigenvalue weighted by Gasteiger charge is 2.52. The second kappa shape index (κ2) is 5.72. The molecule has 1 aliphatic rings. The quantitative estimate of drug-likeness (QED) is 0.881. The minimum atomic E-state index is -0.832. The molecule has 0 atom stereocenters. The van der Waals surface area contributed by atoms with Gasteiger partial charge in [0.2, 0.25) is 11.8 Å². The number of amides is 2. The minimum Gasteiger partial charge on any atom is -0.340 e. The minimum absolute atomic E-state index is 0.0154. The van der Waals surface area contributed by atoms with Crippen LogP contribution in [0.5, 0.6) is 0 Å². The summed E-state index contributed by atoms with van der Waals surface area (Å²) in [6.45, 7) is 7.97. The van der Waals surface area contributed by atoms with Crippen LogP contribution >= 0.6 is 27.3 Å². The van der Waals surface area contributed by atoms with Crippen LogP contribution in [-0.4, -0.2) is 27.8 Å². The van der Waals surface area contributed by atoms with Gasteiger partial charge >= 0.3 is 0 Å². The maximum Gasteiger partial charge on any atom is 0.249 e. The van der Waals surface area contributed by atoms with E-state index in [2.05, 4.69) is 21.2 Å². The van der Waals surface area contributed by atoms with E-state index in [1.54, 1.807) is 30.1 Å². The third-order valence-electron chi connectivity index (χ3n) is 4.38. The van der Waals surface area contributed by atoms with Gasteiger partial charge in [-0.15, -0.1) is 11.3 Å². The topological polar surface area (TPSA) is 49.4 Å². The van der Waals surface area contributed by atoms with Crippen molar-refractivity contribution in [1.82, 2.24) is 10.2 Å². The van der Waals surface area contributed by atoms with E-state index < -0.39 is 11.1 Å². The normalized spacial score (nSPS) is 20.5. The van der Waals surface area contributed by atoms with Crippen LogP contribution in [0.1, 0.15) is 45.4 Å². The van der Waals surface area contributed by atoms with Crippen molar-refractivity contribution in [2.24, 2.45) is 0 Å². The lowest BCUT2D eigenvalue weighted by atomic mass is 9.83. The van der Waals surface area contributed by atoms with E-state index in [1.807, 2.05) is 25.3 Å². The van der Waals surface area contributed by atoms with Gasteiger partial charge in [-0.3, -0.25) is 9.59 Å². The molecule has 2 amide bonds. The maximum atomic E-state index is 13.0. The molecule has 1 saturated heterocycles. The molecule has 2 rings (SSSR count). The largest absolute Gasteiger partial charge is 0.340 e. The third kappa shape index (κ3) is 2.75. The van der Waals surface area contributed by atoms with Gasteiger partial charge in [0.05, 0.1) is 6.54 Å². The van der Waals surface area contributed by atoms with Gasteiger partial charge in [-0.1, -0.05) is 13.8 Å². The number of rotatable bonds is 4. The number of nitrogens with zero attached hydrogens (tertiary/aromatic N) is 1.